The number of carboxylic acids is 1. The topological polar surface area (TPSA) is 105 Å². The molecule has 0 heterocycles. The number of carboxylic acid groups (broad SMARTS) is 1. The highest BCUT2D eigenvalue weighted by molar-refractivity contribution is 7.98. The lowest BCUT2D eigenvalue weighted by Crippen LogP contribution is -2.50. The minimum atomic E-state index is -1.03. The summed E-state index contributed by atoms with van der Waals surface area (Å²) in [5.41, 5.74) is 4.43. The summed E-state index contributed by atoms with van der Waals surface area (Å²) in [4.78, 5) is 36.1. The summed E-state index contributed by atoms with van der Waals surface area (Å²) < 4.78 is 5.50. The fourth-order valence-corrected chi connectivity index (χ4v) is 4.54. The molecular formula is C24H28N2O5S. The molecule has 0 spiro atoms. The van der Waals surface area contributed by atoms with E-state index >= 15 is 0 Å². The van der Waals surface area contributed by atoms with Gasteiger partial charge < -0.3 is 20.5 Å². The van der Waals surface area contributed by atoms with E-state index in [-0.39, 0.29) is 31.4 Å². The molecule has 0 fully saturated rings. The van der Waals surface area contributed by atoms with Gasteiger partial charge in [-0.05, 0) is 41.9 Å². The summed E-state index contributed by atoms with van der Waals surface area (Å²) in [6, 6.07) is 15.0. The number of ether oxygens (including phenoxy) is 1. The Bertz CT molecular complexity index is 935. The van der Waals surface area contributed by atoms with E-state index in [1.807, 2.05) is 49.6 Å². The van der Waals surface area contributed by atoms with Crippen molar-refractivity contribution in [1.82, 2.24) is 10.6 Å². The van der Waals surface area contributed by atoms with Gasteiger partial charge in [0.15, 0.2) is 0 Å². The average Bonchev–Trinajstić information content (AvgIpc) is 3.09. The van der Waals surface area contributed by atoms with Gasteiger partial charge in [-0.25, -0.2) is 4.79 Å². The fraction of sp³-hybridized carbons (Fsp3) is 0.375. The maximum Gasteiger partial charge on any atom is 0.407 e. The molecule has 7 nitrogen and oxygen atoms in total. The number of carbonyl (C=O) groups excluding carboxylic acids is 2. The van der Waals surface area contributed by atoms with E-state index in [1.165, 1.54) is 0 Å². The molecular weight excluding hydrogens is 428 g/mol. The monoisotopic (exact) mass is 456 g/mol. The van der Waals surface area contributed by atoms with E-state index in [2.05, 4.69) is 22.8 Å². The highest BCUT2D eigenvalue weighted by Crippen LogP contribution is 2.44. The fourth-order valence-electron chi connectivity index (χ4n) is 3.95. The van der Waals surface area contributed by atoms with E-state index < -0.39 is 24.0 Å². The largest absolute Gasteiger partial charge is 0.481 e. The zero-order valence-electron chi connectivity index (χ0n) is 18.2. The first kappa shape index (κ1) is 23.7. The number of aliphatic carboxylic acids is 1. The maximum absolute atomic E-state index is 12.6. The smallest absolute Gasteiger partial charge is 0.407 e. The summed E-state index contributed by atoms with van der Waals surface area (Å²) in [5, 5.41) is 14.4. The van der Waals surface area contributed by atoms with Gasteiger partial charge in [0.1, 0.15) is 12.6 Å². The zero-order valence-corrected chi connectivity index (χ0v) is 19.0. The third-order valence-corrected chi connectivity index (χ3v) is 6.24. The summed E-state index contributed by atoms with van der Waals surface area (Å²) in [7, 11) is 0. The van der Waals surface area contributed by atoms with Crippen molar-refractivity contribution in [2.45, 2.75) is 37.8 Å². The van der Waals surface area contributed by atoms with Crippen LogP contribution in [0.15, 0.2) is 48.5 Å². The molecule has 170 valence electrons. The number of amides is 2. The van der Waals surface area contributed by atoms with E-state index in [4.69, 9.17) is 9.84 Å². The predicted octanol–water partition coefficient (Wildman–Crippen LogP) is 3.63. The van der Waals surface area contributed by atoms with Gasteiger partial charge in [-0.3, -0.25) is 9.59 Å². The molecule has 0 aliphatic heterocycles. The lowest BCUT2D eigenvalue weighted by molar-refractivity contribution is -0.137. The summed E-state index contributed by atoms with van der Waals surface area (Å²) in [6.45, 7) is 1.98. The van der Waals surface area contributed by atoms with Gasteiger partial charge in [0.25, 0.3) is 0 Å². The first-order chi connectivity index (χ1) is 15.4. The lowest BCUT2D eigenvalue weighted by Gasteiger charge is -2.21. The van der Waals surface area contributed by atoms with Crippen LogP contribution in [0.25, 0.3) is 11.1 Å². The third-order valence-electron chi connectivity index (χ3n) is 5.40. The number of hydrogen-bond acceptors (Lipinski definition) is 5. The van der Waals surface area contributed by atoms with E-state index in [0.29, 0.717) is 5.75 Å². The number of thioether (sulfide) groups is 1. The van der Waals surface area contributed by atoms with Crippen LogP contribution in [0.2, 0.25) is 0 Å². The molecule has 32 heavy (non-hydrogen) atoms. The number of hydrogen-bond donors (Lipinski definition) is 3. The summed E-state index contributed by atoms with van der Waals surface area (Å²) >= 11 is 1.59. The second-order valence-corrected chi connectivity index (χ2v) is 8.73. The van der Waals surface area contributed by atoms with Crippen molar-refractivity contribution >= 4 is 29.7 Å². The van der Waals surface area contributed by atoms with E-state index in [9.17, 15) is 14.4 Å². The van der Waals surface area contributed by atoms with Crippen LogP contribution in [-0.4, -0.2) is 53.8 Å². The average molecular weight is 457 g/mol. The molecule has 2 amide bonds. The van der Waals surface area contributed by atoms with Crippen molar-refractivity contribution < 1.29 is 24.2 Å². The zero-order chi connectivity index (χ0) is 23.1. The molecule has 8 heteroatoms. The maximum atomic E-state index is 12.6. The highest BCUT2D eigenvalue weighted by atomic mass is 32.2. The first-order valence-corrected chi connectivity index (χ1v) is 11.9. The number of nitrogens with one attached hydrogen (secondary N) is 2. The third kappa shape index (κ3) is 5.82. The molecule has 2 aromatic rings. The van der Waals surface area contributed by atoms with Crippen molar-refractivity contribution in [2.24, 2.45) is 0 Å². The van der Waals surface area contributed by atoms with Crippen LogP contribution < -0.4 is 10.6 Å². The van der Waals surface area contributed by atoms with Gasteiger partial charge in [0.2, 0.25) is 5.91 Å². The second-order valence-electron chi connectivity index (χ2n) is 7.82. The Hall–Kier alpha value is -3.00. The van der Waals surface area contributed by atoms with Gasteiger partial charge in [-0.2, -0.15) is 11.8 Å². The Morgan fingerprint density at radius 3 is 2.19 bits per heavy atom. The molecule has 0 saturated heterocycles. The number of benzene rings is 2. The number of rotatable bonds is 10. The quantitative estimate of drug-likeness (QED) is 0.504. The van der Waals surface area contributed by atoms with Crippen molar-refractivity contribution in [3.8, 4) is 11.1 Å². The number of alkyl carbamates (subject to hydrolysis) is 1. The van der Waals surface area contributed by atoms with Gasteiger partial charge in [-0.15, -0.1) is 0 Å². The molecule has 0 radical (unpaired) electrons. The molecule has 3 N–H and O–H groups in total. The molecule has 1 aliphatic carbocycles. The van der Waals surface area contributed by atoms with Crippen LogP contribution in [0.4, 0.5) is 4.79 Å². The van der Waals surface area contributed by atoms with Crippen LogP contribution >= 0.6 is 11.8 Å². The molecule has 2 unspecified atom stereocenters. The Morgan fingerprint density at radius 1 is 1.03 bits per heavy atom. The molecule has 2 atom stereocenters. The van der Waals surface area contributed by atoms with Crippen LogP contribution in [0.1, 0.15) is 36.8 Å². The normalized spacial score (nSPS) is 14.1. The van der Waals surface area contributed by atoms with Crippen molar-refractivity contribution in [3.05, 3.63) is 59.7 Å². The minimum absolute atomic E-state index is 0.0165. The standard InChI is InChI=1S/C24H28N2O5S/c1-15(14-32-2)25-23(29)21(11-12-22(27)28)26-24(30)31-13-20-18-9-5-3-7-16(18)17-8-4-6-10-19(17)20/h3-10,15,20-21H,11-14H2,1-2H3,(H,25,29)(H,26,30)(H,27,28). The summed E-state index contributed by atoms with van der Waals surface area (Å²) in [6.07, 6.45) is 0.935. The van der Waals surface area contributed by atoms with Crippen LogP contribution in [0.5, 0.6) is 0 Å². The molecule has 1 aliphatic rings. The van der Waals surface area contributed by atoms with Crippen molar-refractivity contribution in [3.63, 3.8) is 0 Å². The second kappa shape index (κ2) is 11.0. The Balaban J connectivity index is 1.65. The SMILES string of the molecule is CSCC(C)NC(=O)C(CCC(=O)O)NC(=O)OCC1c2ccccc2-c2ccccc21. The van der Waals surface area contributed by atoms with E-state index in [1.54, 1.807) is 11.8 Å². The number of fused-ring (bicyclic) bond motifs is 3. The van der Waals surface area contributed by atoms with Crippen LogP contribution in [0.3, 0.4) is 0 Å². The lowest BCUT2D eigenvalue weighted by atomic mass is 9.98. The van der Waals surface area contributed by atoms with Crippen LogP contribution in [0, 0.1) is 0 Å². The Kier molecular flexibility index (Phi) is 8.16. The van der Waals surface area contributed by atoms with E-state index in [0.717, 1.165) is 22.3 Å². The first-order valence-electron chi connectivity index (χ1n) is 10.5. The van der Waals surface area contributed by atoms with Gasteiger partial charge in [0.05, 0.1) is 0 Å². The minimum Gasteiger partial charge on any atom is -0.481 e. The molecule has 0 bridgehead atoms. The van der Waals surface area contributed by atoms with Crippen molar-refractivity contribution in [1.29, 1.82) is 0 Å². The van der Waals surface area contributed by atoms with Gasteiger partial charge in [-0.1, -0.05) is 48.5 Å². The Morgan fingerprint density at radius 2 is 1.62 bits per heavy atom. The number of carbonyl (C=O) groups is 3. The Labute approximate surface area is 191 Å². The predicted molar refractivity (Wildman–Crippen MR) is 125 cm³/mol. The van der Waals surface area contributed by atoms with Gasteiger partial charge in [0, 0.05) is 24.1 Å². The van der Waals surface area contributed by atoms with Crippen LogP contribution in [-0.2, 0) is 14.3 Å². The summed E-state index contributed by atoms with van der Waals surface area (Å²) in [5.74, 6) is -0.834. The molecule has 3 rings (SSSR count). The molecule has 0 saturated carbocycles. The van der Waals surface area contributed by atoms with Gasteiger partial charge >= 0.3 is 12.1 Å². The highest BCUT2D eigenvalue weighted by Gasteiger charge is 2.30. The molecule has 2 aromatic carbocycles. The molecule has 0 aromatic heterocycles. The van der Waals surface area contributed by atoms with Crippen molar-refractivity contribution in [2.75, 3.05) is 18.6 Å².